The molecule has 0 radical (unpaired) electrons. The summed E-state index contributed by atoms with van der Waals surface area (Å²) in [6, 6.07) is 4.86. The Kier molecular flexibility index (Phi) is 3.98. The molecule has 19 heavy (non-hydrogen) atoms. The first-order valence-corrected chi connectivity index (χ1v) is 6.64. The second-order valence-electron chi connectivity index (χ2n) is 3.46. The molecule has 0 aliphatic heterocycles. The molecule has 0 unspecified atom stereocenters. The van der Waals surface area contributed by atoms with Crippen LogP contribution in [-0.2, 0) is 0 Å². The molecule has 0 amide bonds. The van der Waals surface area contributed by atoms with E-state index in [9.17, 15) is 8.78 Å². The van der Waals surface area contributed by atoms with Crippen molar-refractivity contribution in [3.05, 3.63) is 40.6 Å². The van der Waals surface area contributed by atoms with Gasteiger partial charge in [-0.15, -0.1) is 0 Å². The van der Waals surface area contributed by atoms with Crippen LogP contribution >= 0.6 is 23.4 Å². The fourth-order valence-electron chi connectivity index (χ4n) is 1.48. The Bertz CT molecular complexity index is 685. The molecule has 0 aliphatic carbocycles. The van der Waals surface area contributed by atoms with Gasteiger partial charge in [0.1, 0.15) is 23.3 Å². The second-order valence-corrected chi connectivity index (χ2v) is 4.59. The van der Waals surface area contributed by atoms with Crippen LogP contribution in [0.2, 0.25) is 5.15 Å². The highest BCUT2D eigenvalue weighted by molar-refractivity contribution is 7.98. The van der Waals surface area contributed by atoms with Crippen molar-refractivity contribution >= 4 is 23.4 Å². The molecule has 7 heteroatoms. The predicted molar refractivity (Wildman–Crippen MR) is 68.9 cm³/mol. The minimum atomic E-state index is -0.807. The molecule has 2 aromatic rings. The number of nitrogens with zero attached hydrogens (tertiary/aromatic N) is 3. The third-order valence-electron chi connectivity index (χ3n) is 2.32. The molecule has 0 atom stereocenters. The smallest absolute Gasteiger partial charge is 0.189 e. The van der Waals surface area contributed by atoms with E-state index in [1.54, 1.807) is 6.26 Å². The lowest BCUT2D eigenvalue weighted by Crippen LogP contribution is -1.98. The Balaban J connectivity index is 2.73. The first-order chi connectivity index (χ1) is 9.06. The van der Waals surface area contributed by atoms with Gasteiger partial charge in [0.25, 0.3) is 0 Å². The van der Waals surface area contributed by atoms with Crippen molar-refractivity contribution in [1.82, 2.24) is 9.97 Å². The van der Waals surface area contributed by atoms with Crippen LogP contribution in [-0.4, -0.2) is 16.2 Å². The van der Waals surface area contributed by atoms with E-state index in [0.29, 0.717) is 5.16 Å². The van der Waals surface area contributed by atoms with E-state index in [-0.39, 0.29) is 22.0 Å². The van der Waals surface area contributed by atoms with Crippen molar-refractivity contribution in [3.63, 3.8) is 0 Å². The predicted octanol–water partition coefficient (Wildman–Crippen LogP) is 3.67. The van der Waals surface area contributed by atoms with Crippen LogP contribution in [0.15, 0.2) is 23.4 Å². The Morgan fingerprint density at radius 1 is 1.32 bits per heavy atom. The highest BCUT2D eigenvalue weighted by Crippen LogP contribution is 2.29. The zero-order valence-electron chi connectivity index (χ0n) is 9.62. The summed E-state index contributed by atoms with van der Waals surface area (Å²) in [5.74, 6) is -1.51. The van der Waals surface area contributed by atoms with Crippen LogP contribution in [0.3, 0.4) is 0 Å². The molecule has 0 N–H and O–H groups in total. The molecular formula is C12H6ClF2N3S. The largest absolute Gasteiger partial charge is 0.221 e. The fourth-order valence-corrected chi connectivity index (χ4v) is 2.11. The normalized spacial score (nSPS) is 10.3. The van der Waals surface area contributed by atoms with Gasteiger partial charge in [0.15, 0.2) is 10.3 Å². The van der Waals surface area contributed by atoms with E-state index in [4.69, 9.17) is 16.9 Å². The van der Waals surface area contributed by atoms with Crippen LogP contribution in [0.25, 0.3) is 11.3 Å². The lowest BCUT2D eigenvalue weighted by molar-refractivity contribution is 0.585. The lowest BCUT2D eigenvalue weighted by atomic mass is 10.1. The number of halogens is 3. The number of benzene rings is 1. The average molecular weight is 298 g/mol. The van der Waals surface area contributed by atoms with Gasteiger partial charge in [0.05, 0.1) is 5.69 Å². The Morgan fingerprint density at radius 3 is 2.63 bits per heavy atom. The fraction of sp³-hybridized carbons (Fsp3) is 0.0833. The molecular weight excluding hydrogens is 292 g/mol. The van der Waals surface area contributed by atoms with Crippen molar-refractivity contribution in [2.45, 2.75) is 5.16 Å². The van der Waals surface area contributed by atoms with Gasteiger partial charge >= 0.3 is 0 Å². The summed E-state index contributed by atoms with van der Waals surface area (Å²) >= 11 is 7.07. The first-order valence-electron chi connectivity index (χ1n) is 5.04. The summed E-state index contributed by atoms with van der Waals surface area (Å²) in [5, 5.41) is 9.30. The van der Waals surface area contributed by atoms with E-state index in [0.717, 1.165) is 12.1 Å². The van der Waals surface area contributed by atoms with Crippen molar-refractivity contribution in [2.75, 3.05) is 6.26 Å². The first kappa shape index (κ1) is 13.7. The van der Waals surface area contributed by atoms with Gasteiger partial charge in [-0.05, 0) is 18.4 Å². The molecule has 2 rings (SSSR count). The van der Waals surface area contributed by atoms with Crippen LogP contribution in [0, 0.1) is 23.0 Å². The van der Waals surface area contributed by atoms with Crippen molar-refractivity contribution in [1.29, 1.82) is 5.26 Å². The summed E-state index contributed by atoms with van der Waals surface area (Å²) in [5.41, 5.74) is 0.0341. The third kappa shape index (κ3) is 2.67. The molecule has 0 spiro atoms. The number of thioether (sulfide) groups is 1. The molecule has 96 valence electrons. The standard InChI is InChI=1S/C12H6ClF2N3S/c1-19-12-17-10(8(5-16)11(13)18-12)7-3-2-6(14)4-9(7)15/h2-4H,1H3. The molecule has 0 saturated carbocycles. The van der Waals surface area contributed by atoms with E-state index in [2.05, 4.69) is 9.97 Å². The molecule has 3 nitrogen and oxygen atoms in total. The Morgan fingerprint density at radius 2 is 2.05 bits per heavy atom. The molecule has 0 aliphatic rings. The summed E-state index contributed by atoms with van der Waals surface area (Å²) in [4.78, 5) is 7.96. The van der Waals surface area contributed by atoms with Gasteiger partial charge in [-0.3, -0.25) is 0 Å². The topological polar surface area (TPSA) is 49.6 Å². The van der Waals surface area contributed by atoms with Crippen LogP contribution in [0.1, 0.15) is 5.56 Å². The van der Waals surface area contributed by atoms with Crippen LogP contribution < -0.4 is 0 Å². The zero-order chi connectivity index (χ0) is 14.0. The summed E-state index contributed by atoms with van der Waals surface area (Å²) in [7, 11) is 0. The molecule has 1 aromatic carbocycles. The van der Waals surface area contributed by atoms with Crippen molar-refractivity contribution in [2.24, 2.45) is 0 Å². The maximum Gasteiger partial charge on any atom is 0.189 e. The summed E-state index contributed by atoms with van der Waals surface area (Å²) < 4.78 is 26.7. The molecule has 0 bridgehead atoms. The highest BCUT2D eigenvalue weighted by Gasteiger charge is 2.17. The van der Waals surface area contributed by atoms with E-state index in [1.807, 2.05) is 6.07 Å². The third-order valence-corrected chi connectivity index (χ3v) is 3.15. The van der Waals surface area contributed by atoms with Gasteiger partial charge in [0, 0.05) is 11.6 Å². The maximum absolute atomic E-state index is 13.8. The monoisotopic (exact) mass is 297 g/mol. The second kappa shape index (κ2) is 5.51. The van der Waals surface area contributed by atoms with Gasteiger partial charge in [0.2, 0.25) is 0 Å². The zero-order valence-corrected chi connectivity index (χ0v) is 11.2. The number of aromatic nitrogens is 2. The molecule has 0 fully saturated rings. The highest BCUT2D eigenvalue weighted by atomic mass is 35.5. The van der Waals surface area contributed by atoms with Gasteiger partial charge < -0.3 is 0 Å². The average Bonchev–Trinajstić information content (AvgIpc) is 2.37. The number of hydrogen-bond acceptors (Lipinski definition) is 4. The Labute approximate surface area is 117 Å². The summed E-state index contributed by atoms with van der Waals surface area (Å²) in [6.07, 6.45) is 1.72. The lowest BCUT2D eigenvalue weighted by Gasteiger charge is -2.07. The minimum Gasteiger partial charge on any atom is -0.221 e. The van der Waals surface area contributed by atoms with Gasteiger partial charge in [-0.1, -0.05) is 23.4 Å². The van der Waals surface area contributed by atoms with Gasteiger partial charge in [-0.2, -0.15) is 5.26 Å². The quantitative estimate of drug-likeness (QED) is 0.482. The minimum absolute atomic E-state index is 0.0116. The van der Waals surface area contributed by atoms with Gasteiger partial charge in [-0.25, -0.2) is 18.7 Å². The van der Waals surface area contributed by atoms with Crippen LogP contribution in [0.5, 0.6) is 0 Å². The SMILES string of the molecule is CSc1nc(Cl)c(C#N)c(-c2ccc(F)cc2F)n1. The van der Waals surface area contributed by atoms with E-state index in [1.165, 1.54) is 17.8 Å². The van der Waals surface area contributed by atoms with E-state index < -0.39 is 11.6 Å². The number of rotatable bonds is 2. The van der Waals surface area contributed by atoms with Crippen molar-refractivity contribution in [3.8, 4) is 17.3 Å². The van der Waals surface area contributed by atoms with Crippen molar-refractivity contribution < 1.29 is 8.78 Å². The van der Waals surface area contributed by atoms with E-state index >= 15 is 0 Å². The molecule has 1 aromatic heterocycles. The number of nitriles is 1. The number of hydrogen-bond donors (Lipinski definition) is 0. The Hall–Kier alpha value is -1.71. The maximum atomic E-state index is 13.8. The molecule has 1 heterocycles. The summed E-state index contributed by atoms with van der Waals surface area (Å²) in [6.45, 7) is 0. The van der Waals surface area contributed by atoms with Crippen LogP contribution in [0.4, 0.5) is 8.78 Å². The molecule has 0 saturated heterocycles.